The molecule has 0 saturated carbocycles. The first-order valence-electron chi connectivity index (χ1n) is 11.8. The topological polar surface area (TPSA) is 83.7 Å². The SMILES string of the molecule is O=C(CCc1nc(-c2ccccc2)c(-c2ccccc2)o1)N1CCN(C2CCS(=O)(=O)C2)CC1. The van der Waals surface area contributed by atoms with E-state index in [1.807, 2.05) is 65.6 Å². The number of carbonyl (C=O) groups is 1. The van der Waals surface area contributed by atoms with E-state index >= 15 is 0 Å². The van der Waals surface area contributed by atoms with Gasteiger partial charge in [-0.3, -0.25) is 9.69 Å². The molecule has 3 heterocycles. The van der Waals surface area contributed by atoms with Crippen LogP contribution in [-0.4, -0.2) is 72.8 Å². The fourth-order valence-corrected chi connectivity index (χ4v) is 6.58. The van der Waals surface area contributed by atoms with Crippen LogP contribution < -0.4 is 0 Å². The van der Waals surface area contributed by atoms with E-state index in [4.69, 9.17) is 9.40 Å². The van der Waals surface area contributed by atoms with Gasteiger partial charge >= 0.3 is 0 Å². The zero-order valence-electron chi connectivity index (χ0n) is 19.1. The van der Waals surface area contributed by atoms with Crippen LogP contribution in [0.25, 0.3) is 22.6 Å². The zero-order valence-corrected chi connectivity index (χ0v) is 19.9. The van der Waals surface area contributed by atoms with Crippen LogP contribution in [0.4, 0.5) is 0 Å². The summed E-state index contributed by atoms with van der Waals surface area (Å²) in [5.41, 5.74) is 2.72. The van der Waals surface area contributed by atoms with Gasteiger partial charge in [0, 0.05) is 56.2 Å². The van der Waals surface area contributed by atoms with Crippen LogP contribution in [0.15, 0.2) is 65.1 Å². The van der Waals surface area contributed by atoms with Crippen LogP contribution in [0, 0.1) is 0 Å². The van der Waals surface area contributed by atoms with Crippen molar-refractivity contribution in [1.29, 1.82) is 0 Å². The number of aryl methyl sites for hydroxylation is 1. The van der Waals surface area contributed by atoms with Crippen molar-refractivity contribution in [2.75, 3.05) is 37.7 Å². The Hall–Kier alpha value is -2.97. The predicted molar refractivity (Wildman–Crippen MR) is 131 cm³/mol. The number of carbonyl (C=O) groups excluding carboxylic acids is 1. The Morgan fingerprint density at radius 1 is 0.941 bits per heavy atom. The molecule has 0 spiro atoms. The van der Waals surface area contributed by atoms with Gasteiger partial charge in [0.1, 0.15) is 5.69 Å². The van der Waals surface area contributed by atoms with E-state index in [2.05, 4.69) is 4.90 Å². The molecule has 5 rings (SSSR count). The molecule has 2 aromatic carbocycles. The molecule has 2 aliphatic rings. The Morgan fingerprint density at radius 3 is 2.21 bits per heavy atom. The molecule has 0 aliphatic carbocycles. The smallest absolute Gasteiger partial charge is 0.223 e. The van der Waals surface area contributed by atoms with Gasteiger partial charge in [-0.25, -0.2) is 13.4 Å². The minimum Gasteiger partial charge on any atom is -0.440 e. The summed E-state index contributed by atoms with van der Waals surface area (Å²) in [7, 11) is -2.90. The van der Waals surface area contributed by atoms with Crippen molar-refractivity contribution in [3.63, 3.8) is 0 Å². The predicted octanol–water partition coefficient (Wildman–Crippen LogP) is 3.27. The first-order chi connectivity index (χ1) is 16.5. The van der Waals surface area contributed by atoms with E-state index in [0.717, 1.165) is 35.7 Å². The Balaban J connectivity index is 1.22. The van der Waals surface area contributed by atoms with Gasteiger partial charge in [0.05, 0.1) is 11.5 Å². The number of hydrogen-bond donors (Lipinski definition) is 0. The maximum absolute atomic E-state index is 12.9. The van der Waals surface area contributed by atoms with E-state index in [1.54, 1.807) is 0 Å². The number of benzene rings is 2. The Morgan fingerprint density at radius 2 is 1.59 bits per heavy atom. The van der Waals surface area contributed by atoms with Gasteiger partial charge in [0.2, 0.25) is 5.91 Å². The standard InChI is InChI=1S/C26H29N3O4S/c30-24(29-16-14-28(15-17-29)22-13-18-34(31,32)19-22)12-11-23-27-25(20-7-3-1-4-8-20)26(33-23)21-9-5-2-6-10-21/h1-10,22H,11-19H2. The van der Waals surface area contributed by atoms with Crippen molar-refractivity contribution in [1.82, 2.24) is 14.8 Å². The third-order valence-electron chi connectivity index (χ3n) is 6.70. The summed E-state index contributed by atoms with van der Waals surface area (Å²) >= 11 is 0. The fourth-order valence-electron chi connectivity index (χ4n) is 4.82. The van der Waals surface area contributed by atoms with Gasteiger partial charge in [0.15, 0.2) is 21.5 Å². The highest BCUT2D eigenvalue weighted by Gasteiger charge is 2.34. The first kappa shape index (κ1) is 22.8. The van der Waals surface area contributed by atoms with Crippen LogP contribution in [0.2, 0.25) is 0 Å². The average molecular weight is 480 g/mol. The molecule has 34 heavy (non-hydrogen) atoms. The molecule has 0 bridgehead atoms. The second-order valence-electron chi connectivity index (χ2n) is 8.99. The van der Waals surface area contributed by atoms with E-state index in [-0.39, 0.29) is 23.5 Å². The van der Waals surface area contributed by atoms with Gasteiger partial charge in [-0.2, -0.15) is 0 Å². The van der Waals surface area contributed by atoms with Crippen LogP contribution in [-0.2, 0) is 21.1 Å². The summed E-state index contributed by atoms with van der Waals surface area (Å²) in [6.07, 6.45) is 1.47. The normalized spacial score (nSPS) is 20.5. The van der Waals surface area contributed by atoms with E-state index < -0.39 is 9.84 Å². The van der Waals surface area contributed by atoms with Crippen molar-refractivity contribution in [3.05, 3.63) is 66.6 Å². The molecule has 1 amide bonds. The average Bonchev–Trinajstić information content (AvgIpc) is 3.47. The Bertz CT molecular complexity index is 1180. The third kappa shape index (κ3) is 5.08. The van der Waals surface area contributed by atoms with Crippen LogP contribution >= 0.6 is 0 Å². The van der Waals surface area contributed by atoms with Crippen molar-refractivity contribution in [3.8, 4) is 22.6 Å². The third-order valence-corrected chi connectivity index (χ3v) is 8.45. The quantitative estimate of drug-likeness (QED) is 0.540. The zero-order chi connectivity index (χ0) is 23.5. The molecule has 1 unspecified atom stereocenters. The molecule has 1 aromatic heterocycles. The second kappa shape index (κ2) is 9.72. The molecule has 8 heteroatoms. The maximum Gasteiger partial charge on any atom is 0.223 e. The number of rotatable bonds is 6. The molecular formula is C26H29N3O4S. The monoisotopic (exact) mass is 479 g/mol. The Kier molecular flexibility index (Phi) is 6.52. The molecule has 0 radical (unpaired) electrons. The minimum atomic E-state index is -2.90. The number of oxazole rings is 1. The summed E-state index contributed by atoms with van der Waals surface area (Å²) in [6, 6.07) is 19.9. The fraction of sp³-hybridized carbons (Fsp3) is 0.385. The van der Waals surface area contributed by atoms with E-state index in [1.165, 1.54) is 0 Å². The van der Waals surface area contributed by atoms with Crippen molar-refractivity contribution < 1.29 is 17.6 Å². The molecule has 0 N–H and O–H groups in total. The highest BCUT2D eigenvalue weighted by Crippen LogP contribution is 2.33. The molecule has 2 saturated heterocycles. The number of aromatic nitrogens is 1. The van der Waals surface area contributed by atoms with Gasteiger partial charge in [-0.1, -0.05) is 60.7 Å². The summed E-state index contributed by atoms with van der Waals surface area (Å²) in [5.74, 6) is 1.89. The summed E-state index contributed by atoms with van der Waals surface area (Å²) < 4.78 is 29.7. The van der Waals surface area contributed by atoms with Gasteiger partial charge < -0.3 is 9.32 Å². The molecule has 2 aliphatic heterocycles. The number of hydrogen-bond acceptors (Lipinski definition) is 6. The number of nitrogens with zero attached hydrogens (tertiary/aromatic N) is 3. The minimum absolute atomic E-state index is 0.0828. The molecule has 3 aromatic rings. The van der Waals surface area contributed by atoms with Crippen LogP contribution in [0.5, 0.6) is 0 Å². The van der Waals surface area contributed by atoms with Crippen molar-refractivity contribution in [2.45, 2.75) is 25.3 Å². The van der Waals surface area contributed by atoms with Gasteiger partial charge in [-0.05, 0) is 6.42 Å². The molecule has 178 valence electrons. The van der Waals surface area contributed by atoms with Crippen molar-refractivity contribution in [2.24, 2.45) is 0 Å². The molecular weight excluding hydrogens is 450 g/mol. The van der Waals surface area contributed by atoms with Gasteiger partial charge in [0.25, 0.3) is 0 Å². The highest BCUT2D eigenvalue weighted by molar-refractivity contribution is 7.91. The Labute approximate surface area is 200 Å². The van der Waals surface area contributed by atoms with Crippen LogP contribution in [0.3, 0.4) is 0 Å². The lowest BCUT2D eigenvalue weighted by atomic mass is 10.1. The lowest BCUT2D eigenvalue weighted by molar-refractivity contribution is -0.133. The summed E-state index contributed by atoms with van der Waals surface area (Å²) in [6.45, 7) is 2.71. The molecule has 2 fully saturated rings. The van der Waals surface area contributed by atoms with E-state index in [0.29, 0.717) is 38.2 Å². The number of sulfone groups is 1. The maximum atomic E-state index is 12.9. The van der Waals surface area contributed by atoms with Crippen LogP contribution in [0.1, 0.15) is 18.7 Å². The lowest BCUT2D eigenvalue weighted by Gasteiger charge is -2.37. The summed E-state index contributed by atoms with van der Waals surface area (Å²) in [5, 5.41) is 0. The van der Waals surface area contributed by atoms with E-state index in [9.17, 15) is 13.2 Å². The first-order valence-corrected chi connectivity index (χ1v) is 13.6. The van der Waals surface area contributed by atoms with Gasteiger partial charge in [-0.15, -0.1) is 0 Å². The lowest BCUT2D eigenvalue weighted by Crippen LogP contribution is -2.52. The second-order valence-corrected chi connectivity index (χ2v) is 11.2. The molecule has 1 atom stereocenters. The number of piperazine rings is 1. The number of amides is 1. The highest BCUT2D eigenvalue weighted by atomic mass is 32.2. The largest absolute Gasteiger partial charge is 0.440 e. The summed E-state index contributed by atoms with van der Waals surface area (Å²) in [4.78, 5) is 21.7. The van der Waals surface area contributed by atoms with Crippen molar-refractivity contribution >= 4 is 15.7 Å². The molecule has 7 nitrogen and oxygen atoms in total.